The maximum atomic E-state index is 11.9. The van der Waals surface area contributed by atoms with Gasteiger partial charge in [0.15, 0.2) is 0 Å². The molecule has 5 heteroatoms. The Bertz CT molecular complexity index is 467. The van der Waals surface area contributed by atoms with Gasteiger partial charge in [0, 0.05) is 32.7 Å². The summed E-state index contributed by atoms with van der Waals surface area (Å²) in [6, 6.07) is 5.86. The van der Waals surface area contributed by atoms with Gasteiger partial charge < -0.3 is 19.1 Å². The van der Waals surface area contributed by atoms with Gasteiger partial charge in [-0.1, -0.05) is 0 Å². The summed E-state index contributed by atoms with van der Waals surface area (Å²) in [5.74, 6) is 2.12. The van der Waals surface area contributed by atoms with E-state index in [4.69, 9.17) is 14.2 Å². The van der Waals surface area contributed by atoms with Crippen molar-refractivity contribution in [2.24, 2.45) is 5.92 Å². The molecule has 0 radical (unpaired) electrons. The van der Waals surface area contributed by atoms with Crippen LogP contribution < -0.4 is 9.47 Å². The van der Waals surface area contributed by atoms with Gasteiger partial charge in [-0.3, -0.25) is 4.79 Å². The van der Waals surface area contributed by atoms with Crippen molar-refractivity contribution in [3.8, 4) is 11.5 Å². The summed E-state index contributed by atoms with van der Waals surface area (Å²) in [6.07, 6.45) is 1.45. The molecule has 0 saturated carbocycles. The Hall–Kier alpha value is -1.75. The summed E-state index contributed by atoms with van der Waals surface area (Å²) in [4.78, 5) is 13.8. The van der Waals surface area contributed by atoms with Crippen molar-refractivity contribution in [1.29, 1.82) is 0 Å². The van der Waals surface area contributed by atoms with E-state index in [1.54, 1.807) is 21.3 Å². The van der Waals surface area contributed by atoms with Crippen LogP contribution in [0, 0.1) is 5.92 Å². The molecular formula is C16H23NO4. The number of likely N-dealkylation sites (tertiary alicyclic amines) is 1. The van der Waals surface area contributed by atoms with Crippen LogP contribution in [-0.4, -0.2) is 51.8 Å². The van der Waals surface area contributed by atoms with E-state index in [0.29, 0.717) is 25.5 Å². The summed E-state index contributed by atoms with van der Waals surface area (Å²) in [6.45, 7) is 2.06. The predicted octanol–water partition coefficient (Wildman–Crippen LogP) is 1.74. The van der Waals surface area contributed by atoms with Crippen molar-refractivity contribution < 1.29 is 19.0 Å². The Morgan fingerprint density at radius 1 is 1.14 bits per heavy atom. The number of benzene rings is 1. The first-order valence-corrected chi connectivity index (χ1v) is 7.15. The number of carbonyl (C=O) groups is 1. The lowest BCUT2D eigenvalue weighted by atomic mass is 9.98. The molecule has 21 heavy (non-hydrogen) atoms. The molecule has 1 aromatic rings. The SMILES string of the molecule is COCCN1C[C@H](Cc2cc(OC)cc(OC)c2)CC1=O. The van der Waals surface area contributed by atoms with E-state index in [0.717, 1.165) is 30.0 Å². The van der Waals surface area contributed by atoms with Gasteiger partial charge in [0.25, 0.3) is 0 Å². The van der Waals surface area contributed by atoms with Gasteiger partial charge in [0.2, 0.25) is 5.91 Å². The fourth-order valence-corrected chi connectivity index (χ4v) is 2.73. The normalized spacial score (nSPS) is 18.1. The molecular weight excluding hydrogens is 270 g/mol. The van der Waals surface area contributed by atoms with Crippen LogP contribution in [0.2, 0.25) is 0 Å². The second kappa shape index (κ2) is 7.31. The van der Waals surface area contributed by atoms with Crippen molar-refractivity contribution in [3.63, 3.8) is 0 Å². The topological polar surface area (TPSA) is 48.0 Å². The summed E-state index contributed by atoms with van der Waals surface area (Å²) in [5, 5.41) is 0. The molecule has 1 saturated heterocycles. The summed E-state index contributed by atoms with van der Waals surface area (Å²) in [7, 11) is 4.94. The molecule has 1 fully saturated rings. The lowest BCUT2D eigenvalue weighted by Gasteiger charge is -2.16. The van der Waals surface area contributed by atoms with Gasteiger partial charge in [0.1, 0.15) is 11.5 Å². The first kappa shape index (κ1) is 15.6. The van der Waals surface area contributed by atoms with Crippen LogP contribution >= 0.6 is 0 Å². The van der Waals surface area contributed by atoms with Gasteiger partial charge in [-0.2, -0.15) is 0 Å². The Kier molecular flexibility index (Phi) is 5.44. The van der Waals surface area contributed by atoms with Crippen LogP contribution in [-0.2, 0) is 16.0 Å². The Morgan fingerprint density at radius 3 is 2.38 bits per heavy atom. The first-order valence-electron chi connectivity index (χ1n) is 7.15. The highest BCUT2D eigenvalue weighted by Crippen LogP contribution is 2.27. The van der Waals surface area contributed by atoms with E-state index in [-0.39, 0.29) is 5.91 Å². The molecule has 1 aromatic carbocycles. The van der Waals surface area contributed by atoms with E-state index in [2.05, 4.69) is 0 Å². The van der Waals surface area contributed by atoms with Crippen LogP contribution in [0.1, 0.15) is 12.0 Å². The largest absolute Gasteiger partial charge is 0.497 e. The van der Waals surface area contributed by atoms with Gasteiger partial charge in [0.05, 0.1) is 20.8 Å². The molecule has 5 nitrogen and oxygen atoms in total. The van der Waals surface area contributed by atoms with Crippen molar-refractivity contribution in [2.45, 2.75) is 12.8 Å². The fourth-order valence-electron chi connectivity index (χ4n) is 2.73. The number of rotatable bonds is 7. The van der Waals surface area contributed by atoms with Crippen molar-refractivity contribution >= 4 is 5.91 Å². The monoisotopic (exact) mass is 293 g/mol. The molecule has 1 aliphatic rings. The summed E-state index contributed by atoms with van der Waals surface area (Å²) in [5.41, 5.74) is 1.14. The summed E-state index contributed by atoms with van der Waals surface area (Å²) < 4.78 is 15.6. The second-order valence-electron chi connectivity index (χ2n) is 5.33. The average Bonchev–Trinajstić information content (AvgIpc) is 2.84. The molecule has 1 atom stereocenters. The molecule has 1 amide bonds. The minimum Gasteiger partial charge on any atom is -0.497 e. The molecule has 0 spiro atoms. The molecule has 1 heterocycles. The number of hydrogen-bond acceptors (Lipinski definition) is 4. The van der Waals surface area contributed by atoms with Crippen molar-refractivity contribution in [3.05, 3.63) is 23.8 Å². The third-order valence-electron chi connectivity index (χ3n) is 3.80. The van der Waals surface area contributed by atoms with Crippen LogP contribution in [0.25, 0.3) is 0 Å². The van der Waals surface area contributed by atoms with E-state index in [1.807, 2.05) is 23.1 Å². The van der Waals surface area contributed by atoms with Gasteiger partial charge in [-0.15, -0.1) is 0 Å². The number of nitrogens with zero attached hydrogens (tertiary/aromatic N) is 1. The fraction of sp³-hybridized carbons (Fsp3) is 0.562. The lowest BCUT2D eigenvalue weighted by Crippen LogP contribution is -2.28. The second-order valence-corrected chi connectivity index (χ2v) is 5.33. The third kappa shape index (κ3) is 4.11. The van der Waals surface area contributed by atoms with Crippen LogP contribution in [0.4, 0.5) is 0 Å². The molecule has 116 valence electrons. The standard InChI is InChI=1S/C16H23NO4/c1-19-5-4-17-11-13(9-16(17)18)6-12-7-14(20-2)10-15(8-12)21-3/h7-8,10,13H,4-6,9,11H2,1-3H3/t13-/m1/s1. The van der Waals surface area contributed by atoms with Crippen LogP contribution in [0.5, 0.6) is 11.5 Å². The Labute approximate surface area is 125 Å². The zero-order chi connectivity index (χ0) is 15.2. The molecule has 0 N–H and O–H groups in total. The van der Waals surface area contributed by atoms with Gasteiger partial charge in [-0.25, -0.2) is 0 Å². The molecule has 0 aromatic heterocycles. The highest BCUT2D eigenvalue weighted by atomic mass is 16.5. The van der Waals surface area contributed by atoms with Gasteiger partial charge in [-0.05, 0) is 30.0 Å². The summed E-state index contributed by atoms with van der Waals surface area (Å²) >= 11 is 0. The van der Waals surface area contributed by atoms with E-state index >= 15 is 0 Å². The van der Waals surface area contributed by atoms with Crippen LogP contribution in [0.15, 0.2) is 18.2 Å². The van der Waals surface area contributed by atoms with E-state index < -0.39 is 0 Å². The van der Waals surface area contributed by atoms with Crippen molar-refractivity contribution in [1.82, 2.24) is 4.90 Å². The first-order chi connectivity index (χ1) is 10.2. The molecule has 0 unspecified atom stereocenters. The molecule has 2 rings (SSSR count). The average molecular weight is 293 g/mol. The minimum absolute atomic E-state index is 0.215. The predicted molar refractivity (Wildman–Crippen MR) is 79.8 cm³/mol. The highest BCUT2D eigenvalue weighted by Gasteiger charge is 2.29. The Morgan fingerprint density at radius 2 is 1.81 bits per heavy atom. The highest BCUT2D eigenvalue weighted by molar-refractivity contribution is 5.78. The maximum Gasteiger partial charge on any atom is 0.223 e. The maximum absolute atomic E-state index is 11.9. The molecule has 1 aliphatic heterocycles. The number of amides is 1. The third-order valence-corrected chi connectivity index (χ3v) is 3.80. The van der Waals surface area contributed by atoms with Gasteiger partial charge >= 0.3 is 0 Å². The zero-order valence-corrected chi connectivity index (χ0v) is 12.9. The zero-order valence-electron chi connectivity index (χ0n) is 12.9. The number of carbonyl (C=O) groups excluding carboxylic acids is 1. The smallest absolute Gasteiger partial charge is 0.223 e. The molecule has 0 aliphatic carbocycles. The number of hydrogen-bond donors (Lipinski definition) is 0. The Balaban J connectivity index is 2.00. The lowest BCUT2D eigenvalue weighted by molar-refractivity contribution is -0.128. The van der Waals surface area contributed by atoms with Crippen LogP contribution in [0.3, 0.4) is 0 Å². The number of methoxy groups -OCH3 is 3. The molecule has 0 bridgehead atoms. The minimum atomic E-state index is 0.215. The quantitative estimate of drug-likeness (QED) is 0.768. The van der Waals surface area contributed by atoms with E-state index in [1.165, 1.54) is 0 Å². The number of ether oxygens (including phenoxy) is 3. The van der Waals surface area contributed by atoms with E-state index in [9.17, 15) is 4.79 Å². The van der Waals surface area contributed by atoms with Crippen molar-refractivity contribution in [2.75, 3.05) is 41.0 Å².